The van der Waals surface area contributed by atoms with E-state index in [1.165, 1.54) is 0 Å². The lowest BCUT2D eigenvalue weighted by Crippen LogP contribution is -2.09. The SMILES string of the molecule is CCOc1ccc2cc(-c3cc(F)c(OC)c(C(F)(F)F)c3)ccc2c1. The number of benzene rings is 3. The Morgan fingerprint density at radius 3 is 2.23 bits per heavy atom. The van der Waals surface area contributed by atoms with Crippen molar-refractivity contribution in [2.24, 2.45) is 0 Å². The summed E-state index contributed by atoms with van der Waals surface area (Å²) in [6.45, 7) is 2.42. The molecule has 0 aromatic heterocycles. The van der Waals surface area contributed by atoms with Gasteiger partial charge in [-0.3, -0.25) is 0 Å². The van der Waals surface area contributed by atoms with E-state index >= 15 is 0 Å². The van der Waals surface area contributed by atoms with E-state index in [0.717, 1.165) is 30.0 Å². The van der Waals surface area contributed by atoms with Crippen molar-refractivity contribution >= 4 is 10.8 Å². The molecule has 0 saturated heterocycles. The minimum atomic E-state index is -4.72. The Bertz CT molecular complexity index is 948. The van der Waals surface area contributed by atoms with Gasteiger partial charge in [0.1, 0.15) is 11.3 Å². The van der Waals surface area contributed by atoms with Gasteiger partial charge in [0.25, 0.3) is 0 Å². The van der Waals surface area contributed by atoms with Crippen LogP contribution >= 0.6 is 0 Å². The molecule has 3 aromatic carbocycles. The van der Waals surface area contributed by atoms with Gasteiger partial charge < -0.3 is 9.47 Å². The Balaban J connectivity index is 2.11. The van der Waals surface area contributed by atoms with E-state index < -0.39 is 23.3 Å². The van der Waals surface area contributed by atoms with E-state index in [1.807, 2.05) is 19.1 Å². The standard InChI is InChI=1S/C20H16F4O2/c1-3-26-16-7-6-12-8-13(4-5-14(12)9-16)15-10-17(20(22,23)24)19(25-2)18(21)11-15/h4-11H,3H2,1-2H3. The molecule has 0 heterocycles. The molecular formula is C20H16F4O2. The molecule has 6 heteroatoms. The number of alkyl halides is 3. The fraction of sp³-hybridized carbons (Fsp3) is 0.200. The van der Waals surface area contributed by atoms with Crippen LogP contribution in [0.2, 0.25) is 0 Å². The summed E-state index contributed by atoms with van der Waals surface area (Å²) in [4.78, 5) is 0. The lowest BCUT2D eigenvalue weighted by molar-refractivity contribution is -0.139. The van der Waals surface area contributed by atoms with E-state index in [2.05, 4.69) is 4.74 Å². The number of hydrogen-bond donors (Lipinski definition) is 0. The summed E-state index contributed by atoms with van der Waals surface area (Å²) in [7, 11) is 1.01. The van der Waals surface area contributed by atoms with Crippen LogP contribution in [0, 0.1) is 5.82 Å². The first-order valence-electron chi connectivity index (χ1n) is 7.95. The molecule has 0 radical (unpaired) electrons. The number of halogens is 4. The zero-order valence-corrected chi connectivity index (χ0v) is 14.2. The second-order valence-corrected chi connectivity index (χ2v) is 5.69. The number of hydrogen-bond acceptors (Lipinski definition) is 2. The Morgan fingerprint density at radius 2 is 1.58 bits per heavy atom. The van der Waals surface area contributed by atoms with E-state index in [9.17, 15) is 17.6 Å². The molecule has 0 aliphatic carbocycles. The van der Waals surface area contributed by atoms with Crippen molar-refractivity contribution in [3.05, 3.63) is 59.9 Å². The number of methoxy groups -OCH3 is 1. The minimum Gasteiger partial charge on any atom is -0.494 e. The molecule has 0 amide bonds. The highest BCUT2D eigenvalue weighted by Gasteiger charge is 2.36. The molecular weight excluding hydrogens is 348 g/mol. The summed E-state index contributed by atoms with van der Waals surface area (Å²) in [5, 5.41) is 1.69. The molecule has 0 atom stereocenters. The Hall–Kier alpha value is -2.76. The summed E-state index contributed by atoms with van der Waals surface area (Å²) in [6, 6.07) is 12.5. The van der Waals surface area contributed by atoms with Gasteiger partial charge >= 0.3 is 6.18 Å². The van der Waals surface area contributed by atoms with Crippen molar-refractivity contribution in [3.63, 3.8) is 0 Å². The fourth-order valence-corrected chi connectivity index (χ4v) is 2.84. The van der Waals surface area contributed by atoms with Crippen molar-refractivity contribution in [2.45, 2.75) is 13.1 Å². The van der Waals surface area contributed by atoms with Crippen LogP contribution in [-0.2, 0) is 6.18 Å². The highest BCUT2D eigenvalue weighted by Crippen LogP contribution is 2.40. The second kappa shape index (κ2) is 6.86. The van der Waals surface area contributed by atoms with Crippen LogP contribution in [0.1, 0.15) is 12.5 Å². The maximum absolute atomic E-state index is 14.1. The van der Waals surface area contributed by atoms with Gasteiger partial charge in [0.15, 0.2) is 11.6 Å². The highest BCUT2D eigenvalue weighted by atomic mass is 19.4. The normalized spacial score (nSPS) is 11.6. The average Bonchev–Trinajstić information content (AvgIpc) is 2.60. The third-order valence-corrected chi connectivity index (χ3v) is 4.01. The molecule has 0 fully saturated rings. The minimum absolute atomic E-state index is 0.131. The van der Waals surface area contributed by atoms with Crippen molar-refractivity contribution in [1.82, 2.24) is 0 Å². The maximum Gasteiger partial charge on any atom is 0.420 e. The average molecular weight is 364 g/mol. The molecule has 0 aliphatic heterocycles. The predicted molar refractivity (Wildman–Crippen MR) is 92.1 cm³/mol. The van der Waals surface area contributed by atoms with Crippen LogP contribution in [0.3, 0.4) is 0 Å². The largest absolute Gasteiger partial charge is 0.494 e. The molecule has 136 valence electrons. The summed E-state index contributed by atoms with van der Waals surface area (Å²) < 4.78 is 63.8. The van der Waals surface area contributed by atoms with E-state index in [4.69, 9.17) is 4.74 Å². The van der Waals surface area contributed by atoms with Gasteiger partial charge in [0, 0.05) is 0 Å². The summed E-state index contributed by atoms with van der Waals surface area (Å²) in [6.07, 6.45) is -4.72. The molecule has 3 rings (SSSR count). The van der Waals surface area contributed by atoms with Gasteiger partial charge in [-0.2, -0.15) is 13.2 Å². The van der Waals surface area contributed by atoms with Crippen molar-refractivity contribution in [2.75, 3.05) is 13.7 Å². The smallest absolute Gasteiger partial charge is 0.420 e. The fourth-order valence-electron chi connectivity index (χ4n) is 2.84. The van der Waals surface area contributed by atoms with Gasteiger partial charge in [0.05, 0.1) is 13.7 Å². The van der Waals surface area contributed by atoms with Crippen LogP contribution in [0.15, 0.2) is 48.5 Å². The Kier molecular flexibility index (Phi) is 4.76. The van der Waals surface area contributed by atoms with Gasteiger partial charge in [-0.1, -0.05) is 18.2 Å². The number of ether oxygens (including phenoxy) is 2. The molecule has 0 bridgehead atoms. The number of fused-ring (bicyclic) bond motifs is 1. The first-order valence-corrected chi connectivity index (χ1v) is 7.95. The Labute approximate surface area is 148 Å². The van der Waals surface area contributed by atoms with Crippen LogP contribution in [-0.4, -0.2) is 13.7 Å². The first kappa shape index (κ1) is 18.0. The molecule has 2 nitrogen and oxygen atoms in total. The zero-order valence-electron chi connectivity index (χ0n) is 14.2. The molecule has 0 spiro atoms. The van der Waals surface area contributed by atoms with Crippen LogP contribution in [0.4, 0.5) is 17.6 Å². The third kappa shape index (κ3) is 3.45. The van der Waals surface area contributed by atoms with Crippen molar-refractivity contribution in [3.8, 4) is 22.6 Å². The topological polar surface area (TPSA) is 18.5 Å². The molecule has 0 unspecified atom stereocenters. The van der Waals surface area contributed by atoms with Crippen LogP contribution in [0.5, 0.6) is 11.5 Å². The van der Waals surface area contributed by atoms with E-state index in [0.29, 0.717) is 17.9 Å². The van der Waals surface area contributed by atoms with Gasteiger partial charge in [-0.25, -0.2) is 4.39 Å². The summed E-state index contributed by atoms with van der Waals surface area (Å²) in [5.74, 6) is -1.14. The third-order valence-electron chi connectivity index (χ3n) is 4.01. The highest BCUT2D eigenvalue weighted by molar-refractivity contribution is 5.88. The number of rotatable bonds is 4. The second-order valence-electron chi connectivity index (χ2n) is 5.69. The molecule has 3 aromatic rings. The Morgan fingerprint density at radius 1 is 0.885 bits per heavy atom. The van der Waals surface area contributed by atoms with Crippen LogP contribution in [0.25, 0.3) is 21.9 Å². The molecule has 0 saturated carbocycles. The van der Waals surface area contributed by atoms with E-state index in [1.54, 1.807) is 24.3 Å². The zero-order chi connectivity index (χ0) is 18.9. The lowest BCUT2D eigenvalue weighted by Gasteiger charge is -2.15. The maximum atomic E-state index is 14.1. The molecule has 0 aliphatic rings. The monoisotopic (exact) mass is 364 g/mol. The van der Waals surface area contributed by atoms with Crippen LogP contribution < -0.4 is 9.47 Å². The van der Waals surface area contributed by atoms with Gasteiger partial charge in [-0.15, -0.1) is 0 Å². The van der Waals surface area contributed by atoms with Gasteiger partial charge in [-0.05, 0) is 59.2 Å². The van der Waals surface area contributed by atoms with E-state index in [-0.39, 0.29) is 5.56 Å². The van der Waals surface area contributed by atoms with Crippen molar-refractivity contribution in [1.29, 1.82) is 0 Å². The molecule has 26 heavy (non-hydrogen) atoms. The quantitative estimate of drug-likeness (QED) is 0.523. The predicted octanol–water partition coefficient (Wildman–Crippen LogP) is 6.07. The van der Waals surface area contributed by atoms with Crippen molar-refractivity contribution < 1.29 is 27.0 Å². The summed E-state index contributed by atoms with van der Waals surface area (Å²) in [5.41, 5.74) is -0.526. The molecule has 0 N–H and O–H groups in total. The van der Waals surface area contributed by atoms with Gasteiger partial charge in [0.2, 0.25) is 0 Å². The lowest BCUT2D eigenvalue weighted by atomic mass is 9.98. The first-order chi connectivity index (χ1) is 12.3. The summed E-state index contributed by atoms with van der Waals surface area (Å²) >= 11 is 0.